The molecule has 0 spiro atoms. The van der Waals surface area contributed by atoms with Crippen molar-refractivity contribution in [1.82, 2.24) is 5.32 Å². The van der Waals surface area contributed by atoms with E-state index in [4.69, 9.17) is 0 Å². The monoisotopic (exact) mass is 247 g/mol. The van der Waals surface area contributed by atoms with Crippen molar-refractivity contribution >= 4 is 0 Å². The number of rotatable bonds is 4. The Kier molecular flexibility index (Phi) is 4.41. The Morgan fingerprint density at radius 2 is 1.94 bits per heavy atom. The van der Waals surface area contributed by atoms with Crippen LogP contribution in [0.25, 0.3) is 0 Å². The van der Waals surface area contributed by atoms with Gasteiger partial charge in [0, 0.05) is 6.54 Å². The number of nitrogens with one attached hydrogen (secondary N) is 1. The third-order valence-electron chi connectivity index (χ3n) is 4.39. The van der Waals surface area contributed by atoms with Gasteiger partial charge in [0.1, 0.15) is 0 Å². The molecule has 2 rings (SSSR count). The molecule has 0 atom stereocenters. The van der Waals surface area contributed by atoms with Gasteiger partial charge < -0.3 is 10.4 Å². The van der Waals surface area contributed by atoms with Crippen LogP contribution in [-0.4, -0.2) is 24.8 Å². The normalized spacial score (nSPS) is 28.3. The van der Waals surface area contributed by atoms with Gasteiger partial charge >= 0.3 is 0 Å². The van der Waals surface area contributed by atoms with Crippen LogP contribution in [0.2, 0.25) is 0 Å². The predicted molar refractivity (Wildman–Crippen MR) is 75.7 cm³/mol. The molecule has 2 nitrogen and oxygen atoms in total. The third-order valence-corrected chi connectivity index (χ3v) is 4.39. The summed E-state index contributed by atoms with van der Waals surface area (Å²) >= 11 is 0. The molecule has 0 saturated heterocycles. The molecule has 0 radical (unpaired) electrons. The number of hydrogen-bond acceptors (Lipinski definition) is 2. The van der Waals surface area contributed by atoms with E-state index in [9.17, 15) is 5.11 Å². The molecule has 1 aromatic rings. The fourth-order valence-corrected chi connectivity index (χ4v) is 3.22. The van der Waals surface area contributed by atoms with Gasteiger partial charge in [0.25, 0.3) is 0 Å². The van der Waals surface area contributed by atoms with Gasteiger partial charge in [-0.2, -0.15) is 0 Å². The maximum Gasteiger partial charge on any atom is 0.0540 e. The summed E-state index contributed by atoms with van der Waals surface area (Å²) < 4.78 is 0. The number of aliphatic hydroxyl groups is 1. The lowest BCUT2D eigenvalue weighted by atomic mass is 9.69. The van der Waals surface area contributed by atoms with Gasteiger partial charge in [0.15, 0.2) is 0 Å². The average Bonchev–Trinajstić information content (AvgIpc) is 2.36. The number of aliphatic hydroxyl groups excluding tert-OH is 1. The summed E-state index contributed by atoms with van der Waals surface area (Å²) in [7, 11) is 2.03. The molecule has 1 fully saturated rings. The van der Waals surface area contributed by atoms with Crippen molar-refractivity contribution in [2.24, 2.45) is 5.41 Å². The molecule has 1 aliphatic rings. The first-order chi connectivity index (χ1) is 8.65. The smallest absolute Gasteiger partial charge is 0.0540 e. The van der Waals surface area contributed by atoms with Gasteiger partial charge in [0.05, 0.1) is 6.10 Å². The van der Waals surface area contributed by atoms with Crippen molar-refractivity contribution in [2.45, 2.75) is 45.1 Å². The molecule has 0 aliphatic heterocycles. The molecule has 1 aromatic carbocycles. The summed E-state index contributed by atoms with van der Waals surface area (Å²) in [6.07, 6.45) is 5.22. The second kappa shape index (κ2) is 5.85. The maximum atomic E-state index is 9.71. The summed E-state index contributed by atoms with van der Waals surface area (Å²) in [6.45, 7) is 3.24. The second-order valence-electron chi connectivity index (χ2n) is 5.86. The van der Waals surface area contributed by atoms with E-state index in [0.29, 0.717) is 5.41 Å². The molecular formula is C16H25NO. The molecule has 0 heterocycles. The molecular weight excluding hydrogens is 222 g/mol. The van der Waals surface area contributed by atoms with E-state index in [1.807, 2.05) is 7.05 Å². The van der Waals surface area contributed by atoms with Crippen molar-refractivity contribution in [3.8, 4) is 0 Å². The number of aryl methyl sites for hydroxylation is 1. The molecule has 0 aromatic heterocycles. The summed E-state index contributed by atoms with van der Waals surface area (Å²) in [5.41, 5.74) is 3.18. The van der Waals surface area contributed by atoms with Crippen molar-refractivity contribution in [1.29, 1.82) is 0 Å². The van der Waals surface area contributed by atoms with E-state index in [-0.39, 0.29) is 6.10 Å². The Labute approximate surface area is 110 Å². The molecule has 0 unspecified atom stereocenters. The van der Waals surface area contributed by atoms with Gasteiger partial charge in [-0.25, -0.2) is 0 Å². The van der Waals surface area contributed by atoms with E-state index in [1.54, 1.807) is 0 Å². The van der Waals surface area contributed by atoms with Crippen LogP contribution in [0.5, 0.6) is 0 Å². The molecule has 0 amide bonds. The van der Waals surface area contributed by atoms with Gasteiger partial charge in [-0.15, -0.1) is 0 Å². The van der Waals surface area contributed by atoms with Crippen LogP contribution in [0, 0.1) is 12.3 Å². The lowest BCUT2D eigenvalue weighted by Gasteiger charge is -2.39. The van der Waals surface area contributed by atoms with Gasteiger partial charge in [0.2, 0.25) is 0 Å². The molecule has 2 N–H and O–H groups in total. The summed E-state index contributed by atoms with van der Waals surface area (Å²) in [5.74, 6) is 0. The SMILES string of the molecule is CNCC1(Cc2ccccc2C)CCC(O)CC1. The lowest BCUT2D eigenvalue weighted by molar-refractivity contribution is 0.0628. The number of hydrogen-bond donors (Lipinski definition) is 2. The zero-order valence-corrected chi connectivity index (χ0v) is 11.6. The van der Waals surface area contributed by atoms with E-state index in [0.717, 1.165) is 38.6 Å². The Morgan fingerprint density at radius 3 is 2.56 bits per heavy atom. The fourth-order valence-electron chi connectivity index (χ4n) is 3.22. The summed E-state index contributed by atoms with van der Waals surface area (Å²) in [6, 6.07) is 8.68. The highest BCUT2D eigenvalue weighted by atomic mass is 16.3. The predicted octanol–water partition coefficient (Wildman–Crippen LogP) is 2.68. The highest BCUT2D eigenvalue weighted by molar-refractivity contribution is 5.27. The zero-order chi connectivity index (χ0) is 13.0. The van der Waals surface area contributed by atoms with Crippen molar-refractivity contribution in [3.05, 3.63) is 35.4 Å². The van der Waals surface area contributed by atoms with E-state index in [2.05, 4.69) is 36.5 Å². The minimum Gasteiger partial charge on any atom is -0.393 e. The van der Waals surface area contributed by atoms with Crippen LogP contribution in [0.1, 0.15) is 36.8 Å². The molecule has 18 heavy (non-hydrogen) atoms. The van der Waals surface area contributed by atoms with Crippen LogP contribution in [0.4, 0.5) is 0 Å². The van der Waals surface area contributed by atoms with Crippen molar-refractivity contribution in [2.75, 3.05) is 13.6 Å². The van der Waals surface area contributed by atoms with Crippen LogP contribution >= 0.6 is 0 Å². The Balaban J connectivity index is 2.13. The summed E-state index contributed by atoms with van der Waals surface area (Å²) in [5, 5.41) is 13.1. The van der Waals surface area contributed by atoms with E-state index >= 15 is 0 Å². The highest BCUT2D eigenvalue weighted by Crippen LogP contribution is 2.39. The van der Waals surface area contributed by atoms with Gasteiger partial charge in [-0.05, 0) is 62.6 Å². The Bertz CT molecular complexity index is 380. The largest absolute Gasteiger partial charge is 0.393 e. The first kappa shape index (κ1) is 13.6. The Morgan fingerprint density at radius 1 is 1.28 bits per heavy atom. The first-order valence-electron chi connectivity index (χ1n) is 7.02. The minimum absolute atomic E-state index is 0.0770. The average molecular weight is 247 g/mol. The number of benzene rings is 1. The highest BCUT2D eigenvalue weighted by Gasteiger charge is 2.34. The first-order valence-corrected chi connectivity index (χ1v) is 7.02. The quantitative estimate of drug-likeness (QED) is 0.857. The topological polar surface area (TPSA) is 32.3 Å². The molecule has 0 bridgehead atoms. The minimum atomic E-state index is -0.0770. The molecule has 1 aliphatic carbocycles. The zero-order valence-electron chi connectivity index (χ0n) is 11.6. The second-order valence-corrected chi connectivity index (χ2v) is 5.86. The molecule has 100 valence electrons. The van der Waals surface area contributed by atoms with E-state index < -0.39 is 0 Å². The maximum absolute atomic E-state index is 9.71. The standard InChI is InChI=1S/C16H25NO/c1-13-5-3-4-6-14(13)11-16(12-17-2)9-7-15(18)8-10-16/h3-6,15,17-18H,7-12H2,1-2H3. The third kappa shape index (κ3) is 3.12. The van der Waals surface area contributed by atoms with Crippen LogP contribution in [-0.2, 0) is 6.42 Å². The van der Waals surface area contributed by atoms with Crippen molar-refractivity contribution in [3.63, 3.8) is 0 Å². The molecule has 2 heteroatoms. The van der Waals surface area contributed by atoms with E-state index in [1.165, 1.54) is 11.1 Å². The Hall–Kier alpha value is -0.860. The van der Waals surface area contributed by atoms with Gasteiger partial charge in [-0.1, -0.05) is 24.3 Å². The fraction of sp³-hybridized carbons (Fsp3) is 0.625. The summed E-state index contributed by atoms with van der Waals surface area (Å²) in [4.78, 5) is 0. The lowest BCUT2D eigenvalue weighted by Crippen LogP contribution is -2.39. The van der Waals surface area contributed by atoms with Crippen LogP contribution < -0.4 is 5.32 Å². The van der Waals surface area contributed by atoms with Crippen LogP contribution in [0.3, 0.4) is 0 Å². The molecule has 1 saturated carbocycles. The van der Waals surface area contributed by atoms with Gasteiger partial charge in [-0.3, -0.25) is 0 Å². The van der Waals surface area contributed by atoms with Crippen LogP contribution in [0.15, 0.2) is 24.3 Å². The van der Waals surface area contributed by atoms with Crippen molar-refractivity contribution < 1.29 is 5.11 Å².